The number of nitro benzene ring substituents is 1. The summed E-state index contributed by atoms with van der Waals surface area (Å²) < 4.78 is 10.1. The fourth-order valence-electron chi connectivity index (χ4n) is 2.11. The Morgan fingerprint density at radius 2 is 2.00 bits per heavy atom. The van der Waals surface area contributed by atoms with Crippen LogP contribution in [0.5, 0.6) is 5.75 Å². The molecular weight excluding hydrogens is 342 g/mol. The van der Waals surface area contributed by atoms with E-state index in [9.17, 15) is 20.0 Å². The number of benzene rings is 2. The number of hydrogen-bond donors (Lipinski definition) is 1. The van der Waals surface area contributed by atoms with Crippen molar-refractivity contribution in [3.8, 4) is 17.1 Å². The van der Waals surface area contributed by atoms with E-state index in [1.807, 2.05) is 0 Å². The number of carbonyl (C=O) groups excluding carboxylic acids is 1. The number of rotatable bonds is 5. The molecule has 9 nitrogen and oxygen atoms in total. The fraction of sp³-hybridized carbons (Fsp3) is 0.118. The molecule has 0 aliphatic heterocycles. The number of phenolic OH excluding ortho intramolecular Hbond substituents is 1. The van der Waals surface area contributed by atoms with E-state index in [0.717, 1.165) is 0 Å². The summed E-state index contributed by atoms with van der Waals surface area (Å²) in [5.41, 5.74) is 1.32. The number of non-ortho nitro benzene ring substituents is 1. The number of hydrogen-bond acceptors (Lipinski definition) is 8. The molecule has 0 unspecified atom stereocenters. The summed E-state index contributed by atoms with van der Waals surface area (Å²) in [4.78, 5) is 26.2. The lowest BCUT2D eigenvalue weighted by molar-refractivity contribution is -0.384. The van der Waals surface area contributed by atoms with Gasteiger partial charge >= 0.3 is 5.97 Å². The highest BCUT2D eigenvalue weighted by atomic mass is 16.6. The first-order valence-electron chi connectivity index (χ1n) is 7.48. The van der Waals surface area contributed by atoms with Gasteiger partial charge in [-0.2, -0.15) is 4.98 Å². The summed E-state index contributed by atoms with van der Waals surface area (Å²) in [6.07, 6.45) is 0. The number of aryl methyl sites for hydroxylation is 1. The molecule has 0 spiro atoms. The van der Waals surface area contributed by atoms with Crippen LogP contribution in [-0.2, 0) is 11.3 Å². The van der Waals surface area contributed by atoms with E-state index in [1.165, 1.54) is 36.4 Å². The van der Waals surface area contributed by atoms with Gasteiger partial charge in [0, 0.05) is 17.7 Å². The van der Waals surface area contributed by atoms with E-state index in [2.05, 4.69) is 10.1 Å². The Labute approximate surface area is 147 Å². The lowest BCUT2D eigenvalue weighted by Gasteiger charge is -2.04. The lowest BCUT2D eigenvalue weighted by Crippen LogP contribution is -2.05. The molecule has 1 N–H and O–H groups in total. The van der Waals surface area contributed by atoms with Gasteiger partial charge in [-0.25, -0.2) is 4.79 Å². The van der Waals surface area contributed by atoms with Crippen LogP contribution in [0, 0.1) is 17.0 Å². The van der Waals surface area contributed by atoms with Crippen LogP contribution in [0.15, 0.2) is 47.0 Å². The number of phenols is 1. The van der Waals surface area contributed by atoms with Gasteiger partial charge in [-0.05, 0) is 36.8 Å². The normalized spacial score (nSPS) is 10.5. The largest absolute Gasteiger partial charge is 0.508 e. The van der Waals surface area contributed by atoms with Crippen LogP contribution in [0.25, 0.3) is 11.4 Å². The van der Waals surface area contributed by atoms with E-state index in [-0.39, 0.29) is 35.3 Å². The third-order valence-electron chi connectivity index (χ3n) is 3.58. The van der Waals surface area contributed by atoms with Gasteiger partial charge in [0.1, 0.15) is 5.75 Å². The maximum Gasteiger partial charge on any atom is 0.338 e. The van der Waals surface area contributed by atoms with Crippen molar-refractivity contribution in [2.75, 3.05) is 0 Å². The zero-order chi connectivity index (χ0) is 18.7. The zero-order valence-corrected chi connectivity index (χ0v) is 13.6. The highest BCUT2D eigenvalue weighted by molar-refractivity contribution is 5.89. The minimum atomic E-state index is -0.643. The van der Waals surface area contributed by atoms with Crippen molar-refractivity contribution in [2.45, 2.75) is 13.5 Å². The van der Waals surface area contributed by atoms with E-state index in [0.29, 0.717) is 11.1 Å². The van der Waals surface area contributed by atoms with Crippen LogP contribution < -0.4 is 0 Å². The van der Waals surface area contributed by atoms with E-state index in [4.69, 9.17) is 9.26 Å². The van der Waals surface area contributed by atoms with Gasteiger partial charge in [0.25, 0.3) is 11.6 Å². The minimum absolute atomic E-state index is 0.00213. The number of nitrogens with zero attached hydrogens (tertiary/aromatic N) is 3. The second-order valence-electron chi connectivity index (χ2n) is 5.39. The Morgan fingerprint density at radius 1 is 1.27 bits per heavy atom. The summed E-state index contributed by atoms with van der Waals surface area (Å²) in [6, 6.07) is 10.1. The van der Waals surface area contributed by atoms with Crippen LogP contribution in [0.4, 0.5) is 5.69 Å². The third kappa shape index (κ3) is 3.66. The molecule has 0 fully saturated rings. The highest BCUT2D eigenvalue weighted by Crippen LogP contribution is 2.21. The standard InChI is InChI=1S/C17H13N3O6/c1-10-2-3-12(8-14(10)21)17(22)25-9-15-18-16(19-26-15)11-4-6-13(7-5-11)20(23)24/h2-8,21H,9H2,1H3. The van der Waals surface area contributed by atoms with Crippen LogP contribution >= 0.6 is 0 Å². The average molecular weight is 355 g/mol. The van der Waals surface area contributed by atoms with Crippen molar-refractivity contribution in [1.82, 2.24) is 10.1 Å². The Balaban J connectivity index is 1.65. The maximum absolute atomic E-state index is 12.0. The molecule has 3 aromatic rings. The average Bonchev–Trinajstić information content (AvgIpc) is 3.11. The molecule has 3 rings (SSSR count). The fourth-order valence-corrected chi connectivity index (χ4v) is 2.11. The molecule has 0 saturated carbocycles. The van der Waals surface area contributed by atoms with Crippen molar-refractivity contribution >= 4 is 11.7 Å². The molecular formula is C17H13N3O6. The van der Waals surface area contributed by atoms with Gasteiger partial charge in [-0.1, -0.05) is 11.2 Å². The van der Waals surface area contributed by atoms with E-state index in [1.54, 1.807) is 13.0 Å². The molecule has 0 atom stereocenters. The van der Waals surface area contributed by atoms with Crippen molar-refractivity contribution in [3.05, 3.63) is 69.6 Å². The Hall–Kier alpha value is -3.75. The number of ether oxygens (including phenoxy) is 1. The van der Waals surface area contributed by atoms with E-state index < -0.39 is 10.9 Å². The summed E-state index contributed by atoms with van der Waals surface area (Å²) >= 11 is 0. The molecule has 1 heterocycles. The topological polar surface area (TPSA) is 129 Å². The lowest BCUT2D eigenvalue weighted by atomic mass is 10.1. The van der Waals surface area contributed by atoms with Gasteiger partial charge in [-0.3, -0.25) is 10.1 Å². The Morgan fingerprint density at radius 3 is 2.65 bits per heavy atom. The smallest absolute Gasteiger partial charge is 0.338 e. The first kappa shape index (κ1) is 17.1. The van der Waals surface area contributed by atoms with Crippen LogP contribution in [0.1, 0.15) is 21.8 Å². The molecule has 0 saturated heterocycles. The second kappa shape index (κ2) is 7.01. The number of aromatic nitrogens is 2. The van der Waals surface area contributed by atoms with Gasteiger partial charge in [0.15, 0.2) is 6.61 Å². The Kier molecular flexibility index (Phi) is 4.61. The quantitative estimate of drug-likeness (QED) is 0.420. The van der Waals surface area contributed by atoms with Gasteiger partial charge in [0.2, 0.25) is 5.82 Å². The monoisotopic (exact) mass is 355 g/mol. The van der Waals surface area contributed by atoms with Crippen LogP contribution in [-0.4, -0.2) is 26.1 Å². The number of esters is 1. The summed E-state index contributed by atoms with van der Waals surface area (Å²) in [5, 5.41) is 24.0. The van der Waals surface area contributed by atoms with Crippen molar-refractivity contribution in [2.24, 2.45) is 0 Å². The summed E-state index contributed by atoms with van der Waals surface area (Å²) in [5.74, 6) is -0.352. The second-order valence-corrected chi connectivity index (χ2v) is 5.39. The summed E-state index contributed by atoms with van der Waals surface area (Å²) in [6.45, 7) is 1.47. The van der Waals surface area contributed by atoms with Gasteiger partial charge < -0.3 is 14.4 Å². The third-order valence-corrected chi connectivity index (χ3v) is 3.58. The van der Waals surface area contributed by atoms with Gasteiger partial charge in [0.05, 0.1) is 10.5 Å². The molecule has 1 aromatic heterocycles. The number of aromatic hydroxyl groups is 1. The first-order valence-corrected chi connectivity index (χ1v) is 7.48. The molecule has 0 bridgehead atoms. The number of carbonyl (C=O) groups is 1. The van der Waals surface area contributed by atoms with Crippen LogP contribution in [0.2, 0.25) is 0 Å². The van der Waals surface area contributed by atoms with Crippen molar-refractivity contribution < 1.29 is 24.1 Å². The molecule has 26 heavy (non-hydrogen) atoms. The van der Waals surface area contributed by atoms with E-state index >= 15 is 0 Å². The van der Waals surface area contributed by atoms with Crippen LogP contribution in [0.3, 0.4) is 0 Å². The minimum Gasteiger partial charge on any atom is -0.508 e. The Bertz CT molecular complexity index is 965. The SMILES string of the molecule is Cc1ccc(C(=O)OCc2nc(-c3ccc([N+](=O)[O-])cc3)no2)cc1O. The predicted molar refractivity (Wildman–Crippen MR) is 88.4 cm³/mol. The first-order chi connectivity index (χ1) is 12.4. The van der Waals surface area contributed by atoms with Gasteiger partial charge in [-0.15, -0.1) is 0 Å². The van der Waals surface area contributed by atoms with Crippen molar-refractivity contribution in [3.63, 3.8) is 0 Å². The number of nitro groups is 1. The predicted octanol–water partition coefficient (Wildman–Crippen LogP) is 3.02. The molecule has 2 aromatic carbocycles. The summed E-state index contributed by atoms with van der Waals surface area (Å²) in [7, 11) is 0. The van der Waals surface area contributed by atoms with Crippen molar-refractivity contribution in [1.29, 1.82) is 0 Å². The molecule has 0 amide bonds. The molecule has 132 valence electrons. The maximum atomic E-state index is 12.0. The molecule has 0 aliphatic carbocycles. The molecule has 0 radical (unpaired) electrons. The zero-order valence-electron chi connectivity index (χ0n) is 13.6. The molecule has 9 heteroatoms. The highest BCUT2D eigenvalue weighted by Gasteiger charge is 2.14. The molecule has 0 aliphatic rings.